The molecule has 0 fully saturated rings. The van der Waals surface area contributed by atoms with Crippen LogP contribution in [0.25, 0.3) is 0 Å². The number of hydrogen-bond acceptors (Lipinski definition) is 4. The molecule has 0 aliphatic carbocycles. The molecule has 0 saturated heterocycles. The number of nitriles is 1. The summed E-state index contributed by atoms with van der Waals surface area (Å²) in [5.74, 6) is 0. The maximum absolute atomic E-state index is 11.9. The molecule has 0 saturated carbocycles. The van der Waals surface area contributed by atoms with Crippen LogP contribution in [0.1, 0.15) is 11.8 Å². The van der Waals surface area contributed by atoms with E-state index in [1.807, 2.05) is 13.0 Å². The van der Waals surface area contributed by atoms with Crippen molar-refractivity contribution in [1.82, 2.24) is 4.31 Å². The van der Waals surface area contributed by atoms with Gasteiger partial charge in [0.2, 0.25) is 0 Å². The van der Waals surface area contributed by atoms with E-state index in [9.17, 15) is 8.42 Å². The molecule has 0 amide bonds. The van der Waals surface area contributed by atoms with Crippen LogP contribution >= 0.6 is 11.3 Å². The van der Waals surface area contributed by atoms with Crippen LogP contribution in [0.2, 0.25) is 0 Å². The average Bonchev–Trinajstić information content (AvgIpc) is 2.63. The Kier molecular flexibility index (Phi) is 3.50. The lowest BCUT2D eigenvalue weighted by atomic mass is 10.4. The number of aryl methyl sites for hydroxylation is 1. The number of nitrogens with zero attached hydrogens (tertiary/aromatic N) is 2. The third-order valence-corrected chi connectivity index (χ3v) is 5.48. The van der Waals surface area contributed by atoms with E-state index in [0.717, 1.165) is 9.18 Å². The highest BCUT2D eigenvalue weighted by molar-refractivity contribution is 7.91. The SMILES string of the molecule is Cc1ccc(S(=O)(=O)N(C)C(C)C#N)s1. The Bertz CT molecular complexity index is 484. The van der Waals surface area contributed by atoms with Crippen molar-refractivity contribution in [2.75, 3.05) is 7.05 Å². The normalized spacial score (nSPS) is 13.8. The summed E-state index contributed by atoms with van der Waals surface area (Å²) in [5.41, 5.74) is 0. The first kappa shape index (κ1) is 12.2. The zero-order valence-electron chi connectivity index (χ0n) is 8.76. The molecule has 0 aliphatic rings. The van der Waals surface area contributed by atoms with Crippen LogP contribution < -0.4 is 0 Å². The lowest BCUT2D eigenvalue weighted by molar-refractivity contribution is 0.443. The van der Waals surface area contributed by atoms with Gasteiger partial charge in [-0.1, -0.05) is 0 Å². The van der Waals surface area contributed by atoms with Crippen LogP contribution in [0.3, 0.4) is 0 Å². The standard InChI is InChI=1S/C9H12N2O2S2/c1-7(6-10)11(3)15(12,13)9-5-4-8(2)14-9/h4-5,7H,1-3H3. The van der Waals surface area contributed by atoms with Crippen LogP contribution in [0.5, 0.6) is 0 Å². The van der Waals surface area contributed by atoms with E-state index in [-0.39, 0.29) is 4.21 Å². The summed E-state index contributed by atoms with van der Waals surface area (Å²) in [7, 11) is -2.09. The molecule has 1 heterocycles. The highest BCUT2D eigenvalue weighted by atomic mass is 32.2. The van der Waals surface area contributed by atoms with Crippen molar-refractivity contribution in [3.05, 3.63) is 17.0 Å². The van der Waals surface area contributed by atoms with E-state index < -0.39 is 16.1 Å². The first-order valence-corrected chi connectivity index (χ1v) is 6.59. The second kappa shape index (κ2) is 4.31. The van der Waals surface area contributed by atoms with E-state index in [4.69, 9.17) is 5.26 Å². The molecule has 0 radical (unpaired) electrons. The average molecular weight is 244 g/mol. The van der Waals surface area contributed by atoms with Gasteiger partial charge in [0.15, 0.2) is 0 Å². The van der Waals surface area contributed by atoms with Gasteiger partial charge in [0.25, 0.3) is 10.0 Å². The molecule has 1 aromatic rings. The second-order valence-corrected chi connectivity index (χ2v) is 6.70. The molecule has 0 aliphatic heterocycles. The molecule has 1 aromatic heterocycles. The highest BCUT2D eigenvalue weighted by Crippen LogP contribution is 2.24. The summed E-state index contributed by atoms with van der Waals surface area (Å²) in [6.07, 6.45) is 0. The van der Waals surface area contributed by atoms with Crippen molar-refractivity contribution in [1.29, 1.82) is 5.26 Å². The molecular weight excluding hydrogens is 232 g/mol. The summed E-state index contributed by atoms with van der Waals surface area (Å²) in [5, 5.41) is 8.67. The number of sulfonamides is 1. The van der Waals surface area contributed by atoms with Crippen molar-refractivity contribution < 1.29 is 8.42 Å². The Balaban J connectivity index is 3.10. The van der Waals surface area contributed by atoms with Gasteiger partial charge >= 0.3 is 0 Å². The van der Waals surface area contributed by atoms with Gasteiger partial charge < -0.3 is 0 Å². The Morgan fingerprint density at radius 2 is 2.13 bits per heavy atom. The lowest BCUT2D eigenvalue weighted by Crippen LogP contribution is -2.33. The van der Waals surface area contributed by atoms with Crippen molar-refractivity contribution >= 4 is 21.4 Å². The first-order chi connectivity index (χ1) is 6.89. The van der Waals surface area contributed by atoms with Crippen molar-refractivity contribution in [3.63, 3.8) is 0 Å². The molecule has 0 spiro atoms. The topological polar surface area (TPSA) is 61.2 Å². The second-order valence-electron chi connectivity index (χ2n) is 3.19. The summed E-state index contributed by atoms with van der Waals surface area (Å²) in [4.78, 5) is 0.937. The van der Waals surface area contributed by atoms with Gasteiger partial charge in [-0.05, 0) is 26.0 Å². The third-order valence-electron chi connectivity index (χ3n) is 2.08. The van der Waals surface area contributed by atoms with Crippen molar-refractivity contribution in [3.8, 4) is 6.07 Å². The van der Waals surface area contributed by atoms with Gasteiger partial charge in [0.05, 0.1) is 6.07 Å². The maximum atomic E-state index is 11.9. The van der Waals surface area contributed by atoms with Crippen LogP contribution in [-0.4, -0.2) is 25.8 Å². The molecule has 0 N–H and O–H groups in total. The molecule has 0 bridgehead atoms. The zero-order chi connectivity index (χ0) is 11.6. The predicted molar refractivity (Wildman–Crippen MR) is 59.1 cm³/mol. The van der Waals surface area contributed by atoms with Crippen LogP contribution in [0, 0.1) is 18.3 Å². The fourth-order valence-corrected chi connectivity index (χ4v) is 3.73. The van der Waals surface area contributed by atoms with Crippen LogP contribution in [-0.2, 0) is 10.0 Å². The minimum atomic E-state index is -3.50. The molecule has 1 unspecified atom stereocenters. The van der Waals surface area contributed by atoms with Crippen molar-refractivity contribution in [2.24, 2.45) is 0 Å². The fraction of sp³-hybridized carbons (Fsp3) is 0.444. The summed E-state index contributed by atoms with van der Waals surface area (Å²) in [6.45, 7) is 3.40. The largest absolute Gasteiger partial charge is 0.253 e. The molecule has 15 heavy (non-hydrogen) atoms. The Hall–Kier alpha value is -0.900. The molecule has 0 aromatic carbocycles. The van der Waals surface area contributed by atoms with Gasteiger partial charge in [-0.15, -0.1) is 11.3 Å². The summed E-state index contributed by atoms with van der Waals surface area (Å²) < 4.78 is 25.2. The molecular formula is C9H12N2O2S2. The monoisotopic (exact) mass is 244 g/mol. The lowest BCUT2D eigenvalue weighted by Gasteiger charge is -2.17. The van der Waals surface area contributed by atoms with Crippen molar-refractivity contribution in [2.45, 2.75) is 24.1 Å². The van der Waals surface area contributed by atoms with Crippen LogP contribution in [0.4, 0.5) is 0 Å². The number of thiophene rings is 1. The minimum absolute atomic E-state index is 0.282. The third kappa shape index (κ3) is 2.37. The van der Waals surface area contributed by atoms with E-state index in [0.29, 0.717) is 0 Å². The summed E-state index contributed by atoms with van der Waals surface area (Å²) in [6, 6.07) is 4.56. The van der Waals surface area contributed by atoms with E-state index in [1.165, 1.54) is 18.4 Å². The van der Waals surface area contributed by atoms with Gasteiger partial charge in [0, 0.05) is 11.9 Å². The first-order valence-electron chi connectivity index (χ1n) is 4.33. The summed E-state index contributed by atoms with van der Waals surface area (Å²) >= 11 is 1.21. The maximum Gasteiger partial charge on any atom is 0.253 e. The molecule has 6 heteroatoms. The number of hydrogen-bond donors (Lipinski definition) is 0. The van der Waals surface area contributed by atoms with E-state index in [1.54, 1.807) is 19.1 Å². The number of rotatable bonds is 3. The fourth-order valence-electron chi connectivity index (χ4n) is 0.982. The Morgan fingerprint density at radius 3 is 2.53 bits per heavy atom. The molecule has 82 valence electrons. The smallest absolute Gasteiger partial charge is 0.206 e. The Morgan fingerprint density at radius 1 is 1.53 bits per heavy atom. The van der Waals surface area contributed by atoms with Crippen LogP contribution in [0.15, 0.2) is 16.3 Å². The Labute approximate surface area is 93.8 Å². The quantitative estimate of drug-likeness (QED) is 0.811. The zero-order valence-corrected chi connectivity index (χ0v) is 10.4. The van der Waals surface area contributed by atoms with Gasteiger partial charge in [-0.25, -0.2) is 8.42 Å². The van der Waals surface area contributed by atoms with Gasteiger partial charge in [-0.3, -0.25) is 0 Å². The minimum Gasteiger partial charge on any atom is -0.206 e. The van der Waals surface area contributed by atoms with E-state index in [2.05, 4.69) is 0 Å². The molecule has 4 nitrogen and oxygen atoms in total. The molecule has 1 atom stereocenters. The van der Waals surface area contributed by atoms with Gasteiger partial charge in [-0.2, -0.15) is 9.57 Å². The van der Waals surface area contributed by atoms with Gasteiger partial charge in [0.1, 0.15) is 10.3 Å². The van der Waals surface area contributed by atoms with E-state index >= 15 is 0 Å². The molecule has 1 rings (SSSR count). The predicted octanol–water partition coefficient (Wildman–Crippen LogP) is 1.59. The highest BCUT2D eigenvalue weighted by Gasteiger charge is 2.26.